The molecule has 0 aromatic heterocycles. The number of rotatable bonds is 1. The zero-order valence-electron chi connectivity index (χ0n) is 11.8. The molecule has 96 valence electrons. The van der Waals surface area contributed by atoms with E-state index in [1.165, 1.54) is 43.6 Å². The van der Waals surface area contributed by atoms with Crippen LogP contribution in [0.15, 0.2) is 18.2 Å². The van der Waals surface area contributed by atoms with Crippen molar-refractivity contribution in [3.05, 3.63) is 29.8 Å². The number of hydrogen-bond acceptors (Lipinski definition) is 1. The van der Waals surface area contributed by atoms with Gasteiger partial charge in [0.2, 0.25) is 0 Å². The predicted molar refractivity (Wildman–Crippen MR) is 75.8 cm³/mol. The summed E-state index contributed by atoms with van der Waals surface area (Å²) < 4.78 is 0. The van der Waals surface area contributed by atoms with Crippen LogP contribution in [0.4, 0.5) is 5.69 Å². The van der Waals surface area contributed by atoms with Gasteiger partial charge < -0.3 is 21.9 Å². The van der Waals surface area contributed by atoms with Crippen LogP contribution in [-0.2, 0) is 5.41 Å². The molecule has 0 spiro atoms. The molecule has 0 N–H and O–H groups in total. The van der Waals surface area contributed by atoms with Crippen LogP contribution in [0.25, 0.3) is 0 Å². The first-order chi connectivity index (χ1) is 7.57. The summed E-state index contributed by atoms with van der Waals surface area (Å²) in [4.78, 5) is 2.47. The minimum atomic E-state index is 0. The molecule has 0 saturated carbocycles. The number of nitrogens with zero attached hydrogens (tertiary/aromatic N) is 1. The van der Waals surface area contributed by atoms with Gasteiger partial charge >= 0.3 is 23.1 Å². The molecule has 0 amide bonds. The van der Waals surface area contributed by atoms with Gasteiger partial charge in [0, 0.05) is 13.1 Å². The molecule has 1 aliphatic heterocycles. The Hall–Kier alpha value is 0.266. The standard InChI is InChI=1S/C15H22N.BrH.Mg/c1-15(2,3)13-8-7-9-14(12-13)16-10-5-4-6-11-16;;/h7-9H,4-6,10-11H2,1-3H3;1H;/q-1;;+2/p-1. The van der Waals surface area contributed by atoms with E-state index >= 15 is 0 Å². The molecule has 1 aromatic carbocycles. The van der Waals surface area contributed by atoms with E-state index in [2.05, 4.69) is 49.9 Å². The van der Waals surface area contributed by atoms with Gasteiger partial charge in [0.25, 0.3) is 0 Å². The first-order valence-corrected chi connectivity index (χ1v) is 6.35. The summed E-state index contributed by atoms with van der Waals surface area (Å²) in [5, 5.41) is 0. The van der Waals surface area contributed by atoms with Crippen LogP contribution in [-0.4, -0.2) is 36.1 Å². The van der Waals surface area contributed by atoms with Gasteiger partial charge in [0.15, 0.2) is 0 Å². The number of benzene rings is 1. The van der Waals surface area contributed by atoms with E-state index in [0.717, 1.165) is 0 Å². The molecule has 3 heteroatoms. The average Bonchev–Trinajstić information content (AvgIpc) is 2.29. The zero-order valence-corrected chi connectivity index (χ0v) is 14.8. The largest absolute Gasteiger partial charge is 2.00 e. The fraction of sp³-hybridized carbons (Fsp3) is 0.600. The molecule has 1 heterocycles. The third-order valence-electron chi connectivity index (χ3n) is 3.28. The first kappa shape index (κ1) is 18.3. The van der Waals surface area contributed by atoms with Gasteiger partial charge in [-0.1, -0.05) is 26.5 Å². The van der Waals surface area contributed by atoms with Crippen molar-refractivity contribution >= 4 is 28.7 Å². The Labute approximate surface area is 138 Å². The van der Waals surface area contributed by atoms with Crippen molar-refractivity contribution in [3.8, 4) is 0 Å². The van der Waals surface area contributed by atoms with E-state index in [0.29, 0.717) is 0 Å². The summed E-state index contributed by atoms with van der Waals surface area (Å²) in [5.74, 6) is 0. The summed E-state index contributed by atoms with van der Waals surface area (Å²) >= 11 is 0. The minimum Gasteiger partial charge on any atom is -1.00 e. The van der Waals surface area contributed by atoms with Crippen LogP contribution in [0.2, 0.25) is 0 Å². The molecule has 18 heavy (non-hydrogen) atoms. The number of anilines is 1. The molecular weight excluding hydrogens is 298 g/mol. The van der Waals surface area contributed by atoms with Gasteiger partial charge in [-0.3, -0.25) is 0 Å². The second-order valence-corrected chi connectivity index (χ2v) is 5.75. The summed E-state index contributed by atoms with van der Waals surface area (Å²) in [6, 6.07) is 10.1. The van der Waals surface area contributed by atoms with Crippen molar-refractivity contribution in [3.63, 3.8) is 0 Å². The molecule has 0 unspecified atom stereocenters. The molecule has 1 aromatic rings. The molecule has 1 nitrogen and oxygen atoms in total. The molecule has 1 fully saturated rings. The van der Waals surface area contributed by atoms with Crippen molar-refractivity contribution in [1.82, 2.24) is 0 Å². The van der Waals surface area contributed by atoms with Crippen LogP contribution < -0.4 is 21.9 Å². The third-order valence-corrected chi connectivity index (χ3v) is 3.28. The smallest absolute Gasteiger partial charge is 1.00 e. The van der Waals surface area contributed by atoms with E-state index in [1.807, 2.05) is 0 Å². The van der Waals surface area contributed by atoms with E-state index in [-0.39, 0.29) is 45.4 Å². The second-order valence-electron chi connectivity index (χ2n) is 5.75. The van der Waals surface area contributed by atoms with Gasteiger partial charge in [0.05, 0.1) is 0 Å². The van der Waals surface area contributed by atoms with Crippen LogP contribution in [0.1, 0.15) is 45.6 Å². The maximum atomic E-state index is 3.58. The molecule has 0 bridgehead atoms. The fourth-order valence-corrected chi connectivity index (χ4v) is 2.21. The van der Waals surface area contributed by atoms with Gasteiger partial charge in [0.1, 0.15) is 0 Å². The van der Waals surface area contributed by atoms with Crippen LogP contribution in [0, 0.1) is 6.07 Å². The normalized spacial score (nSPS) is 15.6. The average molecular weight is 321 g/mol. The molecule has 0 radical (unpaired) electrons. The summed E-state index contributed by atoms with van der Waals surface area (Å²) in [6.07, 6.45) is 4.04. The van der Waals surface area contributed by atoms with Gasteiger partial charge in [-0.2, -0.15) is 23.8 Å². The van der Waals surface area contributed by atoms with E-state index in [9.17, 15) is 0 Å². The summed E-state index contributed by atoms with van der Waals surface area (Å²) in [6.45, 7) is 9.14. The Morgan fingerprint density at radius 3 is 2.22 bits per heavy atom. The monoisotopic (exact) mass is 319 g/mol. The Morgan fingerprint density at radius 2 is 1.67 bits per heavy atom. The number of hydrogen-bond donors (Lipinski definition) is 0. The van der Waals surface area contributed by atoms with Crippen LogP contribution in [0.3, 0.4) is 0 Å². The Balaban J connectivity index is 0.00000144. The van der Waals surface area contributed by atoms with Gasteiger partial charge in [-0.25, -0.2) is 0 Å². The summed E-state index contributed by atoms with van der Waals surface area (Å²) in [5.41, 5.74) is 2.80. The van der Waals surface area contributed by atoms with Crippen molar-refractivity contribution in [2.24, 2.45) is 0 Å². The van der Waals surface area contributed by atoms with Crippen molar-refractivity contribution < 1.29 is 17.0 Å². The first-order valence-electron chi connectivity index (χ1n) is 6.35. The van der Waals surface area contributed by atoms with Gasteiger partial charge in [-0.05, 0) is 24.7 Å². The summed E-state index contributed by atoms with van der Waals surface area (Å²) in [7, 11) is 0. The predicted octanol–water partition coefficient (Wildman–Crippen LogP) is 0.398. The van der Waals surface area contributed by atoms with Crippen molar-refractivity contribution in [1.29, 1.82) is 0 Å². The van der Waals surface area contributed by atoms with Crippen LogP contribution in [0.5, 0.6) is 0 Å². The fourth-order valence-electron chi connectivity index (χ4n) is 2.21. The topological polar surface area (TPSA) is 3.24 Å². The third kappa shape index (κ3) is 4.74. The SMILES string of the molecule is CC(C)(C)c1[c-]c(N2CCCCC2)ccc1.[Br-].[Mg+2]. The second kappa shape index (κ2) is 7.76. The Bertz CT molecular complexity index is 354. The van der Waals surface area contributed by atoms with Crippen LogP contribution >= 0.6 is 0 Å². The van der Waals surface area contributed by atoms with Gasteiger partial charge in [-0.15, -0.1) is 6.07 Å². The van der Waals surface area contributed by atoms with Crippen molar-refractivity contribution in [2.75, 3.05) is 18.0 Å². The zero-order chi connectivity index (χ0) is 11.6. The molecular formula is C15H22BrMgN. The molecule has 2 rings (SSSR count). The minimum absolute atomic E-state index is 0. The van der Waals surface area contributed by atoms with E-state index in [1.54, 1.807) is 0 Å². The Morgan fingerprint density at radius 1 is 1.06 bits per heavy atom. The molecule has 0 atom stereocenters. The molecule has 1 aliphatic rings. The number of halogens is 1. The molecule has 0 aliphatic carbocycles. The maximum Gasteiger partial charge on any atom is 2.00 e. The molecule has 1 saturated heterocycles. The maximum absolute atomic E-state index is 3.58. The van der Waals surface area contributed by atoms with E-state index < -0.39 is 0 Å². The van der Waals surface area contributed by atoms with Crippen molar-refractivity contribution in [2.45, 2.75) is 45.4 Å². The number of piperidine rings is 1. The quantitative estimate of drug-likeness (QED) is 0.535. The van der Waals surface area contributed by atoms with E-state index in [4.69, 9.17) is 0 Å². The Kier molecular flexibility index (Phi) is 7.87.